The lowest BCUT2D eigenvalue weighted by atomic mass is 10.2. The van der Waals surface area contributed by atoms with Gasteiger partial charge in [-0.3, -0.25) is 0 Å². The molecule has 3 heteroatoms. The summed E-state index contributed by atoms with van der Waals surface area (Å²) >= 11 is 0. The zero-order valence-corrected chi connectivity index (χ0v) is 5.89. The molecular formula is C5H10NOSi. The summed E-state index contributed by atoms with van der Waals surface area (Å²) in [4.78, 5) is 0. The summed E-state index contributed by atoms with van der Waals surface area (Å²) in [6.07, 6.45) is 3.89. The van der Waals surface area contributed by atoms with Crippen molar-refractivity contribution in [1.29, 1.82) is 0 Å². The van der Waals surface area contributed by atoms with E-state index in [-0.39, 0.29) is 0 Å². The van der Waals surface area contributed by atoms with Crippen LogP contribution in [-0.2, 0) is 4.53 Å². The van der Waals surface area contributed by atoms with Gasteiger partial charge in [-0.05, 0) is 12.8 Å². The van der Waals surface area contributed by atoms with Gasteiger partial charge in [0.25, 0.3) is 10.5 Å². The lowest BCUT2D eigenvalue weighted by Gasteiger charge is -2.23. The van der Waals surface area contributed by atoms with Crippen molar-refractivity contribution in [2.24, 2.45) is 0 Å². The molecule has 1 aliphatic heterocycles. The maximum absolute atomic E-state index is 4.83. The van der Waals surface area contributed by atoms with Gasteiger partial charge in [0, 0.05) is 13.1 Å². The van der Waals surface area contributed by atoms with Crippen LogP contribution >= 0.6 is 0 Å². The van der Waals surface area contributed by atoms with E-state index in [9.17, 15) is 0 Å². The minimum atomic E-state index is 1.07. The summed E-state index contributed by atoms with van der Waals surface area (Å²) in [6.45, 7) is 2.15. The van der Waals surface area contributed by atoms with Crippen molar-refractivity contribution in [2.45, 2.75) is 19.3 Å². The van der Waals surface area contributed by atoms with E-state index in [1.54, 1.807) is 0 Å². The summed E-state index contributed by atoms with van der Waals surface area (Å²) < 4.78 is 4.83. The van der Waals surface area contributed by atoms with E-state index in [2.05, 4.69) is 10.5 Å². The fourth-order valence-corrected chi connectivity index (χ4v) is 1.14. The molecule has 0 amide bonds. The van der Waals surface area contributed by atoms with E-state index in [4.69, 9.17) is 4.53 Å². The van der Waals surface area contributed by atoms with Gasteiger partial charge in [-0.2, -0.15) is 0 Å². The normalized spacial score (nSPS) is 23.6. The molecule has 0 saturated carbocycles. The zero-order chi connectivity index (χ0) is 5.82. The van der Waals surface area contributed by atoms with E-state index in [0.29, 0.717) is 0 Å². The Morgan fingerprint density at radius 3 is 2.12 bits per heavy atom. The number of hydrogen-bond acceptors (Lipinski definition) is 2. The second-order valence-electron chi connectivity index (χ2n) is 2.08. The number of piperidine rings is 1. The Kier molecular flexibility index (Phi) is 2.52. The standard InChI is InChI=1S/C5H10NOSi/c8-7-6-4-2-1-3-5-6/h1-5H2. The van der Waals surface area contributed by atoms with Gasteiger partial charge in [-0.15, -0.1) is 0 Å². The molecule has 1 heterocycles. The molecule has 0 atom stereocenters. The van der Waals surface area contributed by atoms with Crippen LogP contribution in [0.15, 0.2) is 0 Å². The predicted octanol–water partition coefficient (Wildman–Crippen LogP) is 0.487. The Balaban J connectivity index is 2.13. The highest BCUT2D eigenvalue weighted by Gasteiger charge is 2.06. The first-order chi connectivity index (χ1) is 3.93. The Morgan fingerprint density at radius 1 is 1.12 bits per heavy atom. The number of rotatable bonds is 1. The van der Waals surface area contributed by atoms with Crippen LogP contribution in [0.4, 0.5) is 0 Å². The fraction of sp³-hybridized carbons (Fsp3) is 1.00. The highest BCUT2D eigenvalue weighted by atomic mass is 28.2. The third-order valence-electron chi connectivity index (χ3n) is 1.44. The molecule has 0 spiro atoms. The molecule has 0 aromatic heterocycles. The molecule has 45 valence electrons. The predicted molar refractivity (Wildman–Crippen MR) is 32.3 cm³/mol. The van der Waals surface area contributed by atoms with Gasteiger partial charge in [-0.1, -0.05) is 6.42 Å². The van der Waals surface area contributed by atoms with E-state index in [0.717, 1.165) is 13.1 Å². The smallest absolute Gasteiger partial charge is 0.281 e. The molecule has 0 bridgehead atoms. The first kappa shape index (κ1) is 6.26. The Bertz CT molecular complexity index is 63.4. The van der Waals surface area contributed by atoms with Crippen molar-refractivity contribution in [2.75, 3.05) is 13.1 Å². The molecule has 1 saturated heterocycles. The molecule has 8 heavy (non-hydrogen) atoms. The molecule has 0 N–H and O–H groups in total. The monoisotopic (exact) mass is 128 g/mol. The van der Waals surface area contributed by atoms with Crippen LogP contribution in [0, 0.1) is 0 Å². The third kappa shape index (κ3) is 1.58. The average molecular weight is 128 g/mol. The maximum atomic E-state index is 4.83. The van der Waals surface area contributed by atoms with E-state index >= 15 is 0 Å². The summed E-state index contributed by atoms with van der Waals surface area (Å²) in [5, 5.41) is 1.93. The van der Waals surface area contributed by atoms with Crippen molar-refractivity contribution < 1.29 is 4.53 Å². The van der Waals surface area contributed by atoms with Crippen molar-refractivity contribution in [3.05, 3.63) is 0 Å². The topological polar surface area (TPSA) is 12.5 Å². The Morgan fingerprint density at radius 2 is 1.75 bits per heavy atom. The summed E-state index contributed by atoms with van der Waals surface area (Å²) in [5.41, 5.74) is 0. The van der Waals surface area contributed by atoms with Gasteiger partial charge < -0.3 is 4.53 Å². The van der Waals surface area contributed by atoms with Crippen LogP contribution in [-0.4, -0.2) is 28.6 Å². The van der Waals surface area contributed by atoms with Gasteiger partial charge in [0.1, 0.15) is 0 Å². The summed E-state index contributed by atoms with van der Waals surface area (Å²) in [7, 11) is 2.98. The van der Waals surface area contributed by atoms with Gasteiger partial charge in [0.15, 0.2) is 0 Å². The highest BCUT2D eigenvalue weighted by Crippen LogP contribution is 2.06. The maximum Gasteiger partial charge on any atom is 0.281 e. The van der Waals surface area contributed by atoms with Crippen LogP contribution in [0.1, 0.15) is 19.3 Å². The Hall–Kier alpha value is 0.137. The average Bonchev–Trinajstić information content (AvgIpc) is 1.90. The molecule has 0 aromatic carbocycles. The van der Waals surface area contributed by atoms with Crippen molar-refractivity contribution in [3.8, 4) is 0 Å². The molecule has 0 aliphatic carbocycles. The van der Waals surface area contributed by atoms with Crippen molar-refractivity contribution in [3.63, 3.8) is 0 Å². The second kappa shape index (κ2) is 3.22. The van der Waals surface area contributed by atoms with E-state index < -0.39 is 0 Å². The molecule has 0 aromatic rings. The highest BCUT2D eigenvalue weighted by molar-refractivity contribution is 5.97. The van der Waals surface area contributed by atoms with Crippen LogP contribution in [0.3, 0.4) is 0 Å². The SMILES string of the molecule is [Si]ON1CCCCC1. The molecule has 1 aliphatic rings. The van der Waals surface area contributed by atoms with Gasteiger partial charge in [0.2, 0.25) is 0 Å². The van der Waals surface area contributed by atoms with E-state index in [1.807, 2.05) is 5.06 Å². The van der Waals surface area contributed by atoms with Crippen molar-refractivity contribution >= 4 is 10.5 Å². The molecule has 2 nitrogen and oxygen atoms in total. The first-order valence-electron chi connectivity index (χ1n) is 3.02. The van der Waals surface area contributed by atoms with Gasteiger partial charge in [0.05, 0.1) is 0 Å². The van der Waals surface area contributed by atoms with Gasteiger partial charge in [-0.25, -0.2) is 5.06 Å². The fourth-order valence-electron chi connectivity index (χ4n) is 0.956. The molecule has 1 fully saturated rings. The quantitative estimate of drug-likeness (QED) is 0.476. The van der Waals surface area contributed by atoms with E-state index in [1.165, 1.54) is 19.3 Å². The molecule has 3 radical (unpaired) electrons. The minimum absolute atomic E-state index is 1.07. The lowest BCUT2D eigenvalue weighted by Crippen LogP contribution is -2.28. The summed E-state index contributed by atoms with van der Waals surface area (Å²) in [5.74, 6) is 0. The number of hydrogen-bond donors (Lipinski definition) is 0. The largest absolute Gasteiger partial charge is 0.345 e. The first-order valence-corrected chi connectivity index (χ1v) is 3.43. The number of nitrogens with zero attached hydrogens (tertiary/aromatic N) is 1. The lowest BCUT2D eigenvalue weighted by molar-refractivity contribution is -0.0655. The molecule has 0 unspecified atom stereocenters. The van der Waals surface area contributed by atoms with Gasteiger partial charge >= 0.3 is 0 Å². The Labute approximate surface area is 53.3 Å². The minimum Gasteiger partial charge on any atom is -0.345 e. The van der Waals surface area contributed by atoms with Crippen molar-refractivity contribution in [1.82, 2.24) is 5.06 Å². The van der Waals surface area contributed by atoms with Crippen LogP contribution in [0.25, 0.3) is 0 Å². The number of hydroxylamine groups is 2. The van der Waals surface area contributed by atoms with Crippen LogP contribution < -0.4 is 0 Å². The van der Waals surface area contributed by atoms with Crippen LogP contribution in [0.5, 0.6) is 0 Å². The zero-order valence-electron chi connectivity index (χ0n) is 4.89. The van der Waals surface area contributed by atoms with Crippen LogP contribution in [0.2, 0.25) is 0 Å². The molecule has 1 rings (SSSR count). The second-order valence-corrected chi connectivity index (χ2v) is 2.26. The third-order valence-corrected chi connectivity index (χ3v) is 1.70. The molecular weight excluding hydrogens is 118 g/mol. The summed E-state index contributed by atoms with van der Waals surface area (Å²) in [6, 6.07) is 0.